The zero-order chi connectivity index (χ0) is 36.9. The number of Topliss-reactive ketones (excluding diaryl/α,β-unsaturated/α-hetero) is 4. The molecular weight excluding hydrogens is 671 g/mol. The SMILES string of the molecule is CCC1=C(Cc2ccc(F)c(Cc3cc(F)c4c(c3F)C(=O)C(Cc3ccc(C)c(OC)n3)=C(CC)C4=O)n2)C(=O)c2c(F)ccc(F)c2C1=O. The molecule has 0 amide bonds. The number of methoxy groups -OCH3 is 1. The summed E-state index contributed by atoms with van der Waals surface area (Å²) in [6.07, 6.45) is -1.14. The summed E-state index contributed by atoms with van der Waals surface area (Å²) in [5.41, 5.74) is -2.89. The Kier molecular flexibility index (Phi) is 9.37. The van der Waals surface area contributed by atoms with E-state index in [2.05, 4.69) is 9.97 Å². The predicted octanol–water partition coefficient (Wildman–Crippen LogP) is 7.74. The number of benzene rings is 2. The van der Waals surface area contributed by atoms with Gasteiger partial charge in [0.25, 0.3) is 0 Å². The number of aryl methyl sites for hydroxylation is 1. The summed E-state index contributed by atoms with van der Waals surface area (Å²) in [5, 5.41) is 0. The molecule has 0 unspecified atom stereocenters. The Labute approximate surface area is 288 Å². The summed E-state index contributed by atoms with van der Waals surface area (Å²) in [7, 11) is 1.42. The maximum Gasteiger partial charge on any atom is 0.216 e. The van der Waals surface area contributed by atoms with Crippen LogP contribution in [0.25, 0.3) is 0 Å². The smallest absolute Gasteiger partial charge is 0.216 e. The minimum absolute atomic E-state index is 0.000581. The lowest BCUT2D eigenvalue weighted by Crippen LogP contribution is -2.27. The fourth-order valence-corrected chi connectivity index (χ4v) is 6.66. The number of ether oxygens (including phenoxy) is 1. The molecule has 2 aliphatic rings. The number of hydrogen-bond donors (Lipinski definition) is 0. The highest BCUT2D eigenvalue weighted by molar-refractivity contribution is 6.28. The lowest BCUT2D eigenvalue weighted by atomic mass is 9.79. The molecule has 260 valence electrons. The fraction of sp³-hybridized carbons (Fsp3) is 0.231. The number of nitrogens with zero attached hydrogens (tertiary/aromatic N) is 2. The van der Waals surface area contributed by atoms with Gasteiger partial charge in [0.1, 0.15) is 29.1 Å². The number of carbonyl (C=O) groups is 4. The van der Waals surface area contributed by atoms with E-state index in [4.69, 9.17) is 4.74 Å². The molecular formula is C39H29F5N2O5. The van der Waals surface area contributed by atoms with E-state index >= 15 is 13.2 Å². The van der Waals surface area contributed by atoms with Crippen LogP contribution in [0, 0.1) is 36.0 Å². The standard InChI is InChI=1S/C39H29F5N2O5/c1-5-21-23(37(49)31-27(42)12-11-26(41)30(31)35(21)47)15-19-9-10-25(40)29(45-19)14-18-13-28(43)32-33(34(18)44)38(50)24(22(6-2)36(32)48)16-20-8-7-17(3)39(46-20)51-4/h7-13H,5-6,14-16H2,1-4H3. The van der Waals surface area contributed by atoms with Crippen molar-refractivity contribution in [2.75, 3.05) is 7.11 Å². The van der Waals surface area contributed by atoms with Crippen molar-refractivity contribution in [1.82, 2.24) is 9.97 Å². The summed E-state index contributed by atoms with van der Waals surface area (Å²) in [5.74, 6) is -8.70. The second-order valence-electron chi connectivity index (χ2n) is 12.2. The molecule has 6 rings (SSSR count). The van der Waals surface area contributed by atoms with Crippen LogP contribution in [0.4, 0.5) is 22.0 Å². The predicted molar refractivity (Wildman–Crippen MR) is 175 cm³/mol. The van der Waals surface area contributed by atoms with Gasteiger partial charge in [-0.25, -0.2) is 26.9 Å². The Morgan fingerprint density at radius 1 is 0.569 bits per heavy atom. The molecule has 0 fully saturated rings. The molecule has 4 aromatic rings. The minimum Gasteiger partial charge on any atom is -0.481 e. The average molecular weight is 701 g/mol. The largest absolute Gasteiger partial charge is 0.481 e. The van der Waals surface area contributed by atoms with Crippen molar-refractivity contribution in [2.45, 2.75) is 52.9 Å². The number of fused-ring (bicyclic) bond motifs is 2. The summed E-state index contributed by atoms with van der Waals surface area (Å²) < 4.78 is 81.5. The molecule has 0 spiro atoms. The number of carbonyl (C=O) groups excluding carboxylic acids is 4. The van der Waals surface area contributed by atoms with Crippen LogP contribution in [-0.2, 0) is 19.3 Å². The second-order valence-corrected chi connectivity index (χ2v) is 12.2. The lowest BCUT2D eigenvalue weighted by molar-refractivity contribution is 0.0963. The van der Waals surface area contributed by atoms with Crippen LogP contribution in [0.15, 0.2) is 64.8 Å². The van der Waals surface area contributed by atoms with E-state index in [1.54, 1.807) is 32.9 Å². The summed E-state index contributed by atoms with van der Waals surface area (Å²) in [4.78, 5) is 62.4. The van der Waals surface area contributed by atoms with Gasteiger partial charge < -0.3 is 4.74 Å². The molecule has 2 heterocycles. The first kappa shape index (κ1) is 35.2. The Morgan fingerprint density at radius 2 is 1.04 bits per heavy atom. The monoisotopic (exact) mass is 700 g/mol. The molecule has 0 radical (unpaired) electrons. The molecule has 12 heteroatoms. The topological polar surface area (TPSA) is 103 Å². The highest BCUT2D eigenvalue weighted by Gasteiger charge is 2.38. The molecule has 0 atom stereocenters. The molecule has 0 saturated heterocycles. The zero-order valence-electron chi connectivity index (χ0n) is 27.9. The Bertz CT molecular complexity index is 2290. The number of hydrogen-bond acceptors (Lipinski definition) is 7. The number of aromatic nitrogens is 2. The Balaban J connectivity index is 1.36. The van der Waals surface area contributed by atoms with E-state index in [0.717, 1.165) is 23.8 Å². The highest BCUT2D eigenvalue weighted by atomic mass is 19.1. The maximum atomic E-state index is 16.3. The van der Waals surface area contributed by atoms with Gasteiger partial charge in [0, 0.05) is 58.5 Å². The summed E-state index contributed by atoms with van der Waals surface area (Å²) >= 11 is 0. The average Bonchev–Trinajstić information content (AvgIpc) is 3.10. The van der Waals surface area contributed by atoms with Crippen molar-refractivity contribution in [3.8, 4) is 5.88 Å². The van der Waals surface area contributed by atoms with Gasteiger partial charge in [0.05, 0.1) is 35.1 Å². The normalized spacial score (nSPS) is 14.4. The fourth-order valence-electron chi connectivity index (χ4n) is 6.66. The van der Waals surface area contributed by atoms with Crippen LogP contribution >= 0.6 is 0 Å². The number of pyridine rings is 2. The third-order valence-corrected chi connectivity index (χ3v) is 9.19. The molecule has 0 N–H and O–H groups in total. The Morgan fingerprint density at radius 3 is 1.59 bits per heavy atom. The van der Waals surface area contributed by atoms with Crippen LogP contribution in [0.3, 0.4) is 0 Å². The van der Waals surface area contributed by atoms with Crippen LogP contribution < -0.4 is 4.74 Å². The van der Waals surface area contributed by atoms with Gasteiger partial charge in [0.2, 0.25) is 5.88 Å². The third-order valence-electron chi connectivity index (χ3n) is 9.19. The van der Waals surface area contributed by atoms with Crippen LogP contribution in [0.1, 0.15) is 96.3 Å². The van der Waals surface area contributed by atoms with Crippen LogP contribution in [-0.4, -0.2) is 40.2 Å². The maximum absolute atomic E-state index is 16.3. The third kappa shape index (κ3) is 5.98. The van der Waals surface area contributed by atoms with Crippen LogP contribution in [0.5, 0.6) is 5.88 Å². The molecule has 2 aliphatic carbocycles. The second kappa shape index (κ2) is 13.6. The lowest BCUT2D eigenvalue weighted by Gasteiger charge is -2.23. The van der Waals surface area contributed by atoms with Gasteiger partial charge in [-0.05, 0) is 61.7 Å². The molecule has 0 bridgehead atoms. The zero-order valence-corrected chi connectivity index (χ0v) is 27.9. The Hall–Kier alpha value is -5.65. The van der Waals surface area contributed by atoms with Crippen molar-refractivity contribution in [1.29, 1.82) is 0 Å². The molecule has 2 aromatic heterocycles. The van der Waals surface area contributed by atoms with E-state index in [9.17, 15) is 28.0 Å². The van der Waals surface area contributed by atoms with Gasteiger partial charge >= 0.3 is 0 Å². The highest BCUT2D eigenvalue weighted by Crippen LogP contribution is 2.36. The molecule has 0 aliphatic heterocycles. The summed E-state index contributed by atoms with van der Waals surface area (Å²) in [6, 6.07) is 7.74. The minimum atomic E-state index is -1.23. The van der Waals surface area contributed by atoms with Gasteiger partial charge in [-0.1, -0.05) is 19.9 Å². The number of halogens is 5. The van der Waals surface area contributed by atoms with Crippen molar-refractivity contribution in [3.63, 3.8) is 0 Å². The molecule has 7 nitrogen and oxygen atoms in total. The van der Waals surface area contributed by atoms with Crippen molar-refractivity contribution in [3.05, 3.63) is 144 Å². The van der Waals surface area contributed by atoms with Gasteiger partial charge in [-0.3, -0.25) is 24.2 Å². The van der Waals surface area contributed by atoms with E-state index in [1.807, 2.05) is 0 Å². The van der Waals surface area contributed by atoms with Crippen LogP contribution in [0.2, 0.25) is 0 Å². The number of rotatable bonds is 9. The first-order chi connectivity index (χ1) is 24.3. The molecule has 2 aromatic carbocycles. The van der Waals surface area contributed by atoms with Gasteiger partial charge in [-0.2, -0.15) is 0 Å². The first-order valence-corrected chi connectivity index (χ1v) is 16.1. The van der Waals surface area contributed by atoms with E-state index in [0.29, 0.717) is 17.6 Å². The van der Waals surface area contributed by atoms with E-state index in [-0.39, 0.29) is 53.7 Å². The molecule has 51 heavy (non-hydrogen) atoms. The quantitative estimate of drug-likeness (QED) is 0.165. The van der Waals surface area contributed by atoms with Crippen molar-refractivity contribution >= 4 is 23.1 Å². The van der Waals surface area contributed by atoms with Crippen molar-refractivity contribution < 1.29 is 45.9 Å². The van der Waals surface area contributed by atoms with Crippen molar-refractivity contribution in [2.24, 2.45) is 0 Å². The van der Waals surface area contributed by atoms with E-state index in [1.165, 1.54) is 13.2 Å². The van der Waals surface area contributed by atoms with Gasteiger partial charge in [0.15, 0.2) is 23.1 Å². The number of ketones is 4. The number of allylic oxidation sites excluding steroid dienone is 4. The van der Waals surface area contributed by atoms with E-state index < -0.39 is 92.2 Å². The molecule has 0 saturated carbocycles. The first-order valence-electron chi connectivity index (χ1n) is 16.1. The summed E-state index contributed by atoms with van der Waals surface area (Å²) in [6.45, 7) is 4.94. The van der Waals surface area contributed by atoms with Gasteiger partial charge in [-0.15, -0.1) is 0 Å².